The van der Waals surface area contributed by atoms with Crippen molar-refractivity contribution in [1.29, 1.82) is 0 Å². The van der Waals surface area contributed by atoms with E-state index in [-0.39, 0.29) is 12.2 Å². The molecule has 0 aromatic heterocycles. The van der Waals surface area contributed by atoms with Crippen LogP contribution < -0.4 is 15.5 Å². The van der Waals surface area contributed by atoms with Gasteiger partial charge in [-0.3, -0.25) is 10.1 Å². The van der Waals surface area contributed by atoms with Gasteiger partial charge in [-0.15, -0.1) is 0 Å². The van der Waals surface area contributed by atoms with E-state index in [1.165, 1.54) is 5.69 Å². The van der Waals surface area contributed by atoms with Crippen molar-refractivity contribution in [2.45, 2.75) is 33.0 Å². The zero-order valence-electron chi connectivity index (χ0n) is 17.9. The second-order valence-corrected chi connectivity index (χ2v) is 7.80. The van der Waals surface area contributed by atoms with Gasteiger partial charge in [-0.05, 0) is 50.6 Å². The third-order valence-corrected chi connectivity index (χ3v) is 4.21. The first-order valence-corrected chi connectivity index (χ1v) is 10.0. The van der Waals surface area contributed by atoms with E-state index in [9.17, 15) is 9.59 Å². The van der Waals surface area contributed by atoms with E-state index in [2.05, 4.69) is 20.3 Å². The van der Waals surface area contributed by atoms with Crippen LogP contribution in [0.2, 0.25) is 0 Å². The molecule has 2 aromatic rings. The Balaban J connectivity index is 0.000000396. The highest BCUT2D eigenvalue weighted by Crippen LogP contribution is 2.18. The predicted octanol–water partition coefficient (Wildman–Crippen LogP) is 3.80. The molecule has 0 radical (unpaired) electrons. The molecule has 1 saturated heterocycles. The summed E-state index contributed by atoms with van der Waals surface area (Å²) in [6.45, 7) is 10.2. The monoisotopic (exact) mass is 413 g/mol. The summed E-state index contributed by atoms with van der Waals surface area (Å²) in [5, 5.41) is 6.08. The lowest BCUT2D eigenvalue weighted by Gasteiger charge is -2.29. The molecule has 2 N–H and O–H groups in total. The van der Waals surface area contributed by atoms with Crippen LogP contribution in [0, 0.1) is 0 Å². The molecular formula is C23H31N3O4. The Hall–Kier alpha value is -3.06. The number of hydrogen-bond donors (Lipinski definition) is 2. The number of carbonyl (C=O) groups is 2. The Morgan fingerprint density at radius 1 is 1.07 bits per heavy atom. The highest BCUT2D eigenvalue weighted by molar-refractivity contribution is 5.84. The van der Waals surface area contributed by atoms with Crippen molar-refractivity contribution in [1.82, 2.24) is 5.32 Å². The van der Waals surface area contributed by atoms with Crippen molar-refractivity contribution in [3.63, 3.8) is 0 Å². The molecule has 0 saturated carbocycles. The Bertz CT molecular complexity index is 767. The van der Waals surface area contributed by atoms with E-state index < -0.39 is 6.09 Å². The molecule has 1 fully saturated rings. The zero-order valence-corrected chi connectivity index (χ0v) is 17.9. The third kappa shape index (κ3) is 8.96. The quantitative estimate of drug-likeness (QED) is 0.726. The normalized spacial score (nSPS) is 13.5. The molecule has 30 heavy (non-hydrogen) atoms. The van der Waals surface area contributed by atoms with Gasteiger partial charge >= 0.3 is 6.09 Å². The van der Waals surface area contributed by atoms with Crippen molar-refractivity contribution >= 4 is 23.9 Å². The van der Waals surface area contributed by atoms with Crippen LogP contribution in [0.1, 0.15) is 26.3 Å². The standard InChI is InChI=1S/C18H21N3O2.C5H10O2/c22-18(23-14-15-4-2-1-3-5-15)20-16-6-8-17(9-7-16)21-12-10-19-11-13-21;1-5(2,3)7-4-6/h1-9,19H,10-14H2,(H,20,22);4H,1-3H3. The third-order valence-electron chi connectivity index (χ3n) is 4.21. The summed E-state index contributed by atoms with van der Waals surface area (Å²) in [7, 11) is 0. The molecule has 0 bridgehead atoms. The van der Waals surface area contributed by atoms with Crippen LogP contribution in [0.25, 0.3) is 0 Å². The molecule has 1 amide bonds. The lowest BCUT2D eigenvalue weighted by atomic mass is 10.2. The van der Waals surface area contributed by atoms with E-state index >= 15 is 0 Å². The molecule has 162 valence electrons. The van der Waals surface area contributed by atoms with E-state index in [0.29, 0.717) is 6.47 Å². The van der Waals surface area contributed by atoms with Crippen molar-refractivity contribution in [2.24, 2.45) is 0 Å². The Labute approximate surface area is 178 Å². The van der Waals surface area contributed by atoms with Crippen LogP contribution in [0.5, 0.6) is 0 Å². The summed E-state index contributed by atoms with van der Waals surface area (Å²) in [6, 6.07) is 17.5. The van der Waals surface area contributed by atoms with Gasteiger partial charge in [-0.25, -0.2) is 4.79 Å². The zero-order chi connectivity index (χ0) is 21.8. The first-order valence-electron chi connectivity index (χ1n) is 10.0. The SMILES string of the molecule is CC(C)(C)OC=O.O=C(Nc1ccc(N2CCNCC2)cc1)OCc1ccccc1. The Morgan fingerprint density at radius 2 is 1.70 bits per heavy atom. The summed E-state index contributed by atoms with van der Waals surface area (Å²) >= 11 is 0. The fourth-order valence-corrected chi connectivity index (χ4v) is 2.70. The summed E-state index contributed by atoms with van der Waals surface area (Å²) in [5.74, 6) is 0. The van der Waals surface area contributed by atoms with Crippen LogP contribution in [-0.4, -0.2) is 44.3 Å². The van der Waals surface area contributed by atoms with E-state index in [1.807, 2.05) is 75.4 Å². The molecule has 0 aliphatic carbocycles. The van der Waals surface area contributed by atoms with Gasteiger partial charge in [-0.1, -0.05) is 30.3 Å². The van der Waals surface area contributed by atoms with Gasteiger partial charge in [0.15, 0.2) is 0 Å². The van der Waals surface area contributed by atoms with Gasteiger partial charge in [0, 0.05) is 37.6 Å². The first kappa shape index (κ1) is 23.2. The molecule has 0 unspecified atom stereocenters. The molecule has 7 nitrogen and oxygen atoms in total. The van der Waals surface area contributed by atoms with Crippen molar-refractivity contribution in [2.75, 3.05) is 36.4 Å². The van der Waals surface area contributed by atoms with Crippen LogP contribution in [0.3, 0.4) is 0 Å². The fraction of sp³-hybridized carbons (Fsp3) is 0.391. The molecule has 0 atom stereocenters. The summed E-state index contributed by atoms with van der Waals surface area (Å²) in [4.78, 5) is 23.7. The minimum atomic E-state index is -0.441. The number of benzene rings is 2. The van der Waals surface area contributed by atoms with E-state index in [1.54, 1.807) is 0 Å². The van der Waals surface area contributed by atoms with Gasteiger partial charge in [0.2, 0.25) is 0 Å². The number of amides is 1. The second kappa shape index (κ2) is 11.8. The molecule has 1 aliphatic heterocycles. The van der Waals surface area contributed by atoms with Crippen LogP contribution >= 0.6 is 0 Å². The number of carbonyl (C=O) groups excluding carboxylic acids is 2. The topological polar surface area (TPSA) is 79.9 Å². The Morgan fingerprint density at radius 3 is 2.23 bits per heavy atom. The van der Waals surface area contributed by atoms with Crippen molar-refractivity contribution in [3.05, 3.63) is 60.2 Å². The average Bonchev–Trinajstić information content (AvgIpc) is 2.74. The minimum Gasteiger partial charge on any atom is -0.462 e. The van der Waals surface area contributed by atoms with E-state index in [4.69, 9.17) is 4.74 Å². The maximum atomic E-state index is 11.8. The van der Waals surface area contributed by atoms with Crippen LogP contribution in [0.15, 0.2) is 54.6 Å². The van der Waals surface area contributed by atoms with Crippen molar-refractivity contribution in [3.8, 4) is 0 Å². The number of nitrogens with zero attached hydrogens (tertiary/aromatic N) is 1. The van der Waals surface area contributed by atoms with Crippen molar-refractivity contribution < 1.29 is 19.1 Å². The van der Waals surface area contributed by atoms with Gasteiger partial charge in [0.25, 0.3) is 6.47 Å². The summed E-state index contributed by atoms with van der Waals surface area (Å²) < 4.78 is 9.76. The number of ether oxygens (including phenoxy) is 2. The maximum absolute atomic E-state index is 11.8. The molecular weight excluding hydrogens is 382 g/mol. The highest BCUT2D eigenvalue weighted by Gasteiger charge is 2.10. The lowest BCUT2D eigenvalue weighted by Crippen LogP contribution is -2.43. The summed E-state index contributed by atoms with van der Waals surface area (Å²) in [5.41, 5.74) is 2.57. The van der Waals surface area contributed by atoms with E-state index in [0.717, 1.165) is 37.4 Å². The minimum absolute atomic E-state index is 0.269. The maximum Gasteiger partial charge on any atom is 0.411 e. The Kier molecular flexibility index (Phi) is 9.15. The number of hydrogen-bond acceptors (Lipinski definition) is 6. The molecule has 1 heterocycles. The highest BCUT2D eigenvalue weighted by atomic mass is 16.5. The molecule has 2 aromatic carbocycles. The van der Waals surface area contributed by atoms with Gasteiger partial charge in [0.05, 0.1) is 0 Å². The van der Waals surface area contributed by atoms with Crippen LogP contribution in [0.4, 0.5) is 16.2 Å². The average molecular weight is 414 g/mol. The first-order chi connectivity index (χ1) is 14.4. The van der Waals surface area contributed by atoms with Gasteiger partial charge in [0.1, 0.15) is 12.2 Å². The second-order valence-electron chi connectivity index (χ2n) is 7.80. The predicted molar refractivity (Wildman–Crippen MR) is 119 cm³/mol. The van der Waals surface area contributed by atoms with Gasteiger partial charge < -0.3 is 19.7 Å². The van der Waals surface area contributed by atoms with Crippen LogP contribution in [-0.2, 0) is 20.9 Å². The molecule has 0 spiro atoms. The number of rotatable bonds is 5. The largest absolute Gasteiger partial charge is 0.462 e. The smallest absolute Gasteiger partial charge is 0.411 e. The van der Waals surface area contributed by atoms with Gasteiger partial charge in [-0.2, -0.15) is 0 Å². The fourth-order valence-electron chi connectivity index (χ4n) is 2.70. The molecule has 1 aliphatic rings. The lowest BCUT2D eigenvalue weighted by molar-refractivity contribution is -0.138. The molecule has 3 rings (SSSR count). The summed E-state index contributed by atoms with van der Waals surface area (Å²) in [6.07, 6.45) is -0.441. The molecule has 7 heteroatoms. The number of anilines is 2. The number of nitrogens with one attached hydrogen (secondary N) is 2. The number of piperazine rings is 1.